The monoisotopic (exact) mass is 436 g/mol. The molecule has 29 heavy (non-hydrogen) atoms. The maximum Gasteiger partial charge on any atom is 0.254 e. The van der Waals surface area contributed by atoms with Crippen molar-refractivity contribution in [3.63, 3.8) is 0 Å². The zero-order valence-electron chi connectivity index (χ0n) is 16.1. The zero-order valence-corrected chi connectivity index (χ0v) is 17.7. The second kappa shape index (κ2) is 7.51. The quantitative estimate of drug-likeness (QED) is 0.739. The molecule has 0 bridgehead atoms. The van der Waals surface area contributed by atoms with Crippen LogP contribution in [0.2, 0.25) is 5.02 Å². The molecule has 7 nitrogen and oxygen atoms in total. The minimum atomic E-state index is -3.59. The van der Waals surface area contributed by atoms with Gasteiger partial charge in [0.15, 0.2) is 11.5 Å². The van der Waals surface area contributed by atoms with Crippen molar-refractivity contribution in [1.82, 2.24) is 9.21 Å². The number of piperazine rings is 1. The van der Waals surface area contributed by atoms with Gasteiger partial charge in [-0.05, 0) is 49.2 Å². The molecule has 0 unspecified atom stereocenters. The first-order chi connectivity index (χ1) is 13.8. The third kappa shape index (κ3) is 3.68. The van der Waals surface area contributed by atoms with Crippen LogP contribution in [0.15, 0.2) is 35.2 Å². The van der Waals surface area contributed by atoms with Gasteiger partial charge >= 0.3 is 0 Å². The van der Waals surface area contributed by atoms with Gasteiger partial charge in [-0.25, -0.2) is 8.42 Å². The maximum atomic E-state index is 12.9. The van der Waals surface area contributed by atoms with Crippen molar-refractivity contribution in [3.8, 4) is 11.5 Å². The van der Waals surface area contributed by atoms with Gasteiger partial charge in [-0.2, -0.15) is 4.31 Å². The lowest BCUT2D eigenvalue weighted by atomic mass is 10.1. The number of carbonyl (C=O) groups excluding carboxylic acids is 1. The molecule has 0 radical (unpaired) electrons. The van der Waals surface area contributed by atoms with Gasteiger partial charge < -0.3 is 14.4 Å². The van der Waals surface area contributed by atoms with Crippen LogP contribution in [0.25, 0.3) is 0 Å². The Bertz CT molecular complexity index is 1080. The van der Waals surface area contributed by atoms with E-state index in [0.29, 0.717) is 35.2 Å². The molecule has 0 N–H and O–H groups in total. The number of ether oxygens (including phenoxy) is 2. The summed E-state index contributed by atoms with van der Waals surface area (Å²) >= 11 is 6.17. The topological polar surface area (TPSA) is 76.2 Å². The van der Waals surface area contributed by atoms with Crippen LogP contribution in [0.1, 0.15) is 21.5 Å². The van der Waals surface area contributed by atoms with Crippen LogP contribution in [0.4, 0.5) is 0 Å². The molecule has 154 valence electrons. The number of benzene rings is 2. The van der Waals surface area contributed by atoms with E-state index < -0.39 is 10.0 Å². The van der Waals surface area contributed by atoms with E-state index in [1.54, 1.807) is 29.2 Å². The van der Waals surface area contributed by atoms with Crippen molar-refractivity contribution in [2.75, 3.05) is 33.0 Å². The number of sulfonamides is 1. The van der Waals surface area contributed by atoms with Gasteiger partial charge in [-0.3, -0.25) is 4.79 Å². The van der Waals surface area contributed by atoms with E-state index >= 15 is 0 Å². The lowest BCUT2D eigenvalue weighted by Crippen LogP contribution is -2.50. The molecule has 2 heterocycles. The molecule has 4 rings (SSSR count). The second-order valence-electron chi connectivity index (χ2n) is 7.13. The largest absolute Gasteiger partial charge is 0.454 e. The van der Waals surface area contributed by atoms with Crippen LogP contribution >= 0.6 is 11.6 Å². The van der Waals surface area contributed by atoms with Crippen LogP contribution in [0.5, 0.6) is 11.5 Å². The van der Waals surface area contributed by atoms with Crippen LogP contribution in [-0.4, -0.2) is 56.5 Å². The molecule has 0 aromatic heterocycles. The first-order valence-electron chi connectivity index (χ1n) is 9.23. The van der Waals surface area contributed by atoms with Crippen molar-refractivity contribution in [3.05, 3.63) is 52.0 Å². The van der Waals surface area contributed by atoms with Crippen LogP contribution < -0.4 is 9.47 Å². The summed E-state index contributed by atoms with van der Waals surface area (Å²) in [5.41, 5.74) is 2.37. The molecule has 2 aromatic carbocycles. The fraction of sp³-hybridized carbons (Fsp3) is 0.350. The summed E-state index contributed by atoms with van der Waals surface area (Å²) in [6.45, 7) is 4.98. The Morgan fingerprint density at radius 3 is 2.41 bits per heavy atom. The summed E-state index contributed by atoms with van der Waals surface area (Å²) in [6, 6.07) is 8.29. The molecule has 0 saturated carbocycles. The average molecular weight is 437 g/mol. The van der Waals surface area contributed by atoms with Crippen molar-refractivity contribution >= 4 is 27.5 Å². The summed E-state index contributed by atoms with van der Waals surface area (Å²) in [4.78, 5) is 14.8. The van der Waals surface area contributed by atoms with Gasteiger partial charge in [-0.1, -0.05) is 17.7 Å². The summed E-state index contributed by atoms with van der Waals surface area (Å²) in [5.74, 6) is 0.665. The fourth-order valence-corrected chi connectivity index (χ4v) is 5.20. The summed E-state index contributed by atoms with van der Waals surface area (Å²) in [7, 11) is -3.59. The number of rotatable bonds is 3. The second-order valence-corrected chi connectivity index (χ2v) is 9.48. The Labute approximate surface area is 174 Å². The molecule has 2 aliphatic heterocycles. The minimum Gasteiger partial charge on any atom is -0.454 e. The van der Waals surface area contributed by atoms with E-state index in [9.17, 15) is 13.2 Å². The van der Waals surface area contributed by atoms with E-state index in [4.69, 9.17) is 21.1 Å². The summed E-state index contributed by atoms with van der Waals surface area (Å²) in [5, 5.41) is 0.319. The van der Waals surface area contributed by atoms with E-state index in [-0.39, 0.29) is 30.7 Å². The predicted molar refractivity (Wildman–Crippen MR) is 108 cm³/mol. The summed E-state index contributed by atoms with van der Waals surface area (Å²) in [6.07, 6.45) is 0. The van der Waals surface area contributed by atoms with Gasteiger partial charge in [0.1, 0.15) is 0 Å². The number of fused-ring (bicyclic) bond motifs is 1. The Morgan fingerprint density at radius 1 is 1.00 bits per heavy atom. The number of aryl methyl sites for hydroxylation is 2. The van der Waals surface area contributed by atoms with Gasteiger partial charge in [-0.15, -0.1) is 0 Å². The standard InChI is InChI=1S/C20H21ClN2O5S/c1-13-3-4-16(9-14(13)2)29(25,26)23-7-5-22(6-8-23)20(24)15-10-17(21)19-18(11-15)27-12-28-19/h3-4,9-11H,5-8,12H2,1-2H3. The lowest BCUT2D eigenvalue weighted by Gasteiger charge is -2.34. The molecular formula is C20H21ClN2O5S. The van der Waals surface area contributed by atoms with Crippen molar-refractivity contribution in [2.24, 2.45) is 0 Å². The third-order valence-electron chi connectivity index (χ3n) is 5.32. The zero-order chi connectivity index (χ0) is 20.8. The minimum absolute atomic E-state index is 0.0711. The number of amides is 1. The van der Waals surface area contributed by atoms with E-state index in [0.717, 1.165) is 11.1 Å². The van der Waals surface area contributed by atoms with Crippen molar-refractivity contribution < 1.29 is 22.7 Å². The highest BCUT2D eigenvalue weighted by Crippen LogP contribution is 2.40. The highest BCUT2D eigenvalue weighted by molar-refractivity contribution is 7.89. The number of hydrogen-bond donors (Lipinski definition) is 0. The molecule has 1 saturated heterocycles. The highest BCUT2D eigenvalue weighted by Gasteiger charge is 2.31. The molecule has 2 aromatic rings. The Kier molecular flexibility index (Phi) is 5.18. The van der Waals surface area contributed by atoms with Gasteiger partial charge in [0.2, 0.25) is 16.8 Å². The van der Waals surface area contributed by atoms with Crippen molar-refractivity contribution in [2.45, 2.75) is 18.7 Å². The van der Waals surface area contributed by atoms with Crippen LogP contribution in [0.3, 0.4) is 0 Å². The van der Waals surface area contributed by atoms with E-state index in [1.165, 1.54) is 4.31 Å². The molecule has 0 spiro atoms. The van der Waals surface area contributed by atoms with Crippen LogP contribution in [0, 0.1) is 13.8 Å². The Hall–Kier alpha value is -2.29. The Morgan fingerprint density at radius 2 is 1.72 bits per heavy atom. The molecule has 1 amide bonds. The molecule has 0 aliphatic carbocycles. The number of carbonyl (C=O) groups is 1. The van der Waals surface area contributed by atoms with Crippen LogP contribution in [-0.2, 0) is 10.0 Å². The molecule has 0 atom stereocenters. The first-order valence-corrected chi connectivity index (χ1v) is 11.0. The fourth-order valence-electron chi connectivity index (χ4n) is 3.43. The van der Waals surface area contributed by atoms with E-state index in [1.807, 2.05) is 19.9 Å². The smallest absolute Gasteiger partial charge is 0.254 e. The number of nitrogens with zero attached hydrogens (tertiary/aromatic N) is 2. The van der Waals surface area contributed by atoms with Crippen molar-refractivity contribution in [1.29, 1.82) is 0 Å². The number of halogens is 1. The number of hydrogen-bond acceptors (Lipinski definition) is 5. The summed E-state index contributed by atoms with van der Waals surface area (Å²) < 4.78 is 37.9. The molecular weight excluding hydrogens is 416 g/mol. The Balaban J connectivity index is 1.47. The third-order valence-corrected chi connectivity index (χ3v) is 7.49. The highest BCUT2D eigenvalue weighted by atomic mass is 35.5. The molecule has 9 heteroatoms. The van der Waals surface area contributed by atoms with Gasteiger partial charge in [0, 0.05) is 31.7 Å². The normalized spacial score (nSPS) is 16.9. The first kappa shape index (κ1) is 20.0. The maximum absolute atomic E-state index is 12.9. The molecule has 1 fully saturated rings. The SMILES string of the molecule is Cc1ccc(S(=O)(=O)N2CCN(C(=O)c3cc(Cl)c4c(c3)OCO4)CC2)cc1C. The predicted octanol–water partition coefficient (Wildman–Crippen LogP) is 2.83. The molecule has 2 aliphatic rings. The lowest BCUT2D eigenvalue weighted by molar-refractivity contribution is 0.0697. The average Bonchev–Trinajstić information content (AvgIpc) is 3.19. The van der Waals surface area contributed by atoms with E-state index in [2.05, 4.69) is 0 Å². The van der Waals surface area contributed by atoms with Gasteiger partial charge in [0.05, 0.1) is 9.92 Å². The van der Waals surface area contributed by atoms with Gasteiger partial charge in [0.25, 0.3) is 5.91 Å².